The summed E-state index contributed by atoms with van der Waals surface area (Å²) in [6.45, 7) is 10.3. The number of likely N-dealkylation sites (tertiary alicyclic amines) is 1. The molecule has 2 aromatic carbocycles. The van der Waals surface area contributed by atoms with Crippen LogP contribution in [0.15, 0.2) is 36.5 Å². The maximum atomic E-state index is 11.9. The zero-order valence-corrected chi connectivity index (χ0v) is 20.3. The van der Waals surface area contributed by atoms with Crippen LogP contribution in [0.1, 0.15) is 78.7 Å². The van der Waals surface area contributed by atoms with Crippen LogP contribution in [0.5, 0.6) is 5.75 Å². The number of fused-ring (bicyclic) bond motifs is 1. The van der Waals surface area contributed by atoms with Crippen LogP contribution in [-0.4, -0.2) is 34.6 Å². The van der Waals surface area contributed by atoms with Crippen molar-refractivity contribution in [3.63, 3.8) is 0 Å². The Morgan fingerprint density at radius 1 is 1.24 bits per heavy atom. The number of carboxylic acid groups (broad SMARTS) is 1. The molecule has 1 saturated carbocycles. The van der Waals surface area contributed by atoms with E-state index in [0.29, 0.717) is 17.0 Å². The number of nitrogens with zero attached hydrogens (tertiary/aromatic N) is 1. The number of hydrogen-bond donors (Lipinski definition) is 2. The first-order chi connectivity index (χ1) is 15.6. The van der Waals surface area contributed by atoms with Gasteiger partial charge in [-0.3, -0.25) is 4.90 Å². The van der Waals surface area contributed by atoms with Crippen LogP contribution in [0.2, 0.25) is 0 Å². The number of carbonyl (C=O) groups is 1. The van der Waals surface area contributed by atoms with Gasteiger partial charge in [0.2, 0.25) is 0 Å². The molecule has 3 aromatic rings. The molecule has 1 spiro atoms. The first-order valence-corrected chi connectivity index (χ1v) is 11.9. The Morgan fingerprint density at radius 2 is 2.00 bits per heavy atom. The summed E-state index contributed by atoms with van der Waals surface area (Å²) >= 11 is 0. The van der Waals surface area contributed by atoms with Gasteiger partial charge in [0.25, 0.3) is 0 Å². The average Bonchev–Trinajstić information content (AvgIpc) is 3.20. The standard InChI is InChI=1S/C28H34N2O3/c1-17-13-23(33-5)21(19-9-12-29-24(17)19)15-30-16-28(10-6-11-28)25(30)18-7-8-20(26(31)32)22(14-18)27(2,3)4/h7-9,12-14,25,29H,6,10-11,15-16H2,1-5H3,(H,31,32)/t25-/m1/s1. The molecule has 2 aliphatic rings. The van der Waals surface area contributed by atoms with Crippen molar-refractivity contribution in [2.75, 3.05) is 13.7 Å². The van der Waals surface area contributed by atoms with Crippen molar-refractivity contribution in [3.8, 4) is 5.75 Å². The van der Waals surface area contributed by atoms with E-state index in [1.807, 2.05) is 18.3 Å². The fraction of sp³-hybridized carbons (Fsp3) is 0.464. The Kier molecular flexibility index (Phi) is 5.09. The van der Waals surface area contributed by atoms with E-state index in [1.54, 1.807) is 7.11 Å². The minimum atomic E-state index is -0.852. The van der Waals surface area contributed by atoms with Crippen LogP contribution >= 0.6 is 0 Å². The van der Waals surface area contributed by atoms with Crippen LogP contribution in [0.3, 0.4) is 0 Å². The molecule has 1 saturated heterocycles. The lowest BCUT2D eigenvalue weighted by molar-refractivity contribution is -0.134. The molecule has 174 valence electrons. The number of ether oxygens (including phenoxy) is 1. The molecule has 0 radical (unpaired) electrons. The van der Waals surface area contributed by atoms with Crippen LogP contribution in [0.25, 0.3) is 10.9 Å². The lowest BCUT2D eigenvalue weighted by Crippen LogP contribution is -2.61. The molecule has 5 nitrogen and oxygen atoms in total. The highest BCUT2D eigenvalue weighted by molar-refractivity contribution is 5.90. The van der Waals surface area contributed by atoms with Gasteiger partial charge in [-0.1, -0.05) is 39.3 Å². The first kappa shape index (κ1) is 22.0. The van der Waals surface area contributed by atoms with Gasteiger partial charge in [-0.15, -0.1) is 0 Å². The van der Waals surface area contributed by atoms with E-state index in [2.05, 4.69) is 55.8 Å². The van der Waals surface area contributed by atoms with Crippen molar-refractivity contribution >= 4 is 16.9 Å². The highest BCUT2D eigenvalue weighted by atomic mass is 16.5. The Bertz CT molecular complexity index is 1230. The number of aromatic carboxylic acids is 1. The zero-order valence-electron chi connectivity index (χ0n) is 20.3. The maximum absolute atomic E-state index is 11.9. The van der Waals surface area contributed by atoms with Crippen LogP contribution in [0.4, 0.5) is 0 Å². The second kappa shape index (κ2) is 7.63. The molecule has 2 heterocycles. The van der Waals surface area contributed by atoms with E-state index in [0.717, 1.165) is 24.4 Å². The number of nitrogens with one attached hydrogen (secondary N) is 1. The summed E-state index contributed by atoms with van der Waals surface area (Å²) in [5, 5.41) is 11.0. The van der Waals surface area contributed by atoms with Gasteiger partial charge < -0.3 is 14.8 Å². The van der Waals surface area contributed by atoms with E-state index < -0.39 is 5.97 Å². The number of carboxylic acids is 1. The van der Waals surface area contributed by atoms with Crippen LogP contribution < -0.4 is 4.74 Å². The summed E-state index contributed by atoms with van der Waals surface area (Å²) in [5.74, 6) is 0.0825. The van der Waals surface area contributed by atoms with Gasteiger partial charge in [-0.25, -0.2) is 4.79 Å². The summed E-state index contributed by atoms with van der Waals surface area (Å²) in [6, 6.07) is 10.6. The predicted molar refractivity (Wildman–Crippen MR) is 131 cm³/mol. The second-order valence-electron chi connectivity index (χ2n) is 11.0. The minimum absolute atomic E-state index is 0.234. The minimum Gasteiger partial charge on any atom is -0.496 e. The van der Waals surface area contributed by atoms with Gasteiger partial charge in [0.05, 0.1) is 12.7 Å². The number of aryl methyl sites for hydroxylation is 1. The molecule has 0 unspecified atom stereocenters. The van der Waals surface area contributed by atoms with E-state index in [1.165, 1.54) is 46.9 Å². The fourth-order valence-corrected chi connectivity index (χ4v) is 6.15. The van der Waals surface area contributed by atoms with E-state index in [4.69, 9.17) is 4.74 Å². The maximum Gasteiger partial charge on any atom is 0.335 e. The molecule has 2 N–H and O–H groups in total. The van der Waals surface area contributed by atoms with Gasteiger partial charge in [-0.05, 0) is 60.1 Å². The van der Waals surface area contributed by atoms with E-state index in [9.17, 15) is 9.90 Å². The number of hydrogen-bond acceptors (Lipinski definition) is 3. The Labute approximate surface area is 195 Å². The molecule has 5 rings (SSSR count). The molecule has 5 heteroatoms. The normalized spacial score (nSPS) is 20.0. The number of methoxy groups -OCH3 is 1. The molecular formula is C28H34N2O3. The Morgan fingerprint density at radius 3 is 2.61 bits per heavy atom. The Balaban J connectivity index is 1.56. The third kappa shape index (κ3) is 3.45. The molecule has 0 amide bonds. The van der Waals surface area contributed by atoms with Crippen molar-refractivity contribution in [2.45, 2.75) is 65.0 Å². The summed E-state index contributed by atoms with van der Waals surface area (Å²) < 4.78 is 5.81. The summed E-state index contributed by atoms with van der Waals surface area (Å²) in [5.41, 5.74) is 6.22. The van der Waals surface area contributed by atoms with E-state index in [-0.39, 0.29) is 5.41 Å². The molecular weight excluding hydrogens is 412 g/mol. The number of H-pyrrole nitrogens is 1. The monoisotopic (exact) mass is 446 g/mol. The lowest BCUT2D eigenvalue weighted by atomic mass is 9.56. The van der Waals surface area contributed by atoms with Crippen molar-refractivity contribution < 1.29 is 14.6 Å². The number of benzene rings is 2. The number of aromatic nitrogens is 1. The lowest BCUT2D eigenvalue weighted by Gasteiger charge is -2.63. The molecule has 0 bridgehead atoms. The summed E-state index contributed by atoms with van der Waals surface area (Å²) in [6.07, 6.45) is 5.76. The van der Waals surface area contributed by atoms with Gasteiger partial charge in [-0.2, -0.15) is 0 Å². The van der Waals surface area contributed by atoms with Crippen molar-refractivity contribution in [1.82, 2.24) is 9.88 Å². The molecule has 33 heavy (non-hydrogen) atoms. The average molecular weight is 447 g/mol. The highest BCUT2D eigenvalue weighted by Gasteiger charge is 2.56. The third-order valence-electron chi connectivity index (χ3n) is 7.90. The molecule has 1 aromatic heterocycles. The summed E-state index contributed by atoms with van der Waals surface area (Å²) in [4.78, 5) is 17.8. The molecule has 1 aliphatic carbocycles. The van der Waals surface area contributed by atoms with Crippen molar-refractivity contribution in [3.05, 3.63) is 64.3 Å². The molecule has 1 aliphatic heterocycles. The smallest absolute Gasteiger partial charge is 0.335 e. The van der Waals surface area contributed by atoms with Crippen LogP contribution in [0, 0.1) is 12.3 Å². The largest absolute Gasteiger partial charge is 0.496 e. The number of aromatic amines is 1. The van der Waals surface area contributed by atoms with Gasteiger partial charge >= 0.3 is 5.97 Å². The quantitative estimate of drug-likeness (QED) is 0.489. The van der Waals surface area contributed by atoms with Gasteiger partial charge in [0.1, 0.15) is 5.75 Å². The first-order valence-electron chi connectivity index (χ1n) is 11.9. The summed E-state index contributed by atoms with van der Waals surface area (Å²) in [7, 11) is 1.75. The topological polar surface area (TPSA) is 65.6 Å². The SMILES string of the molecule is COc1cc(C)c2[nH]ccc2c1CN1CC2(CCC2)[C@H]1c1ccc(C(=O)O)c(C(C)(C)C)c1. The van der Waals surface area contributed by atoms with Crippen molar-refractivity contribution in [1.29, 1.82) is 0 Å². The van der Waals surface area contributed by atoms with Gasteiger partial charge in [0.15, 0.2) is 0 Å². The van der Waals surface area contributed by atoms with E-state index >= 15 is 0 Å². The number of rotatable bonds is 5. The Hall–Kier alpha value is -2.79. The second-order valence-corrected chi connectivity index (χ2v) is 11.0. The van der Waals surface area contributed by atoms with Gasteiger partial charge in [0, 0.05) is 47.2 Å². The van der Waals surface area contributed by atoms with Crippen LogP contribution in [-0.2, 0) is 12.0 Å². The third-order valence-corrected chi connectivity index (χ3v) is 7.90. The molecule has 2 fully saturated rings. The highest BCUT2D eigenvalue weighted by Crippen LogP contribution is 2.61. The predicted octanol–water partition coefficient (Wildman–Crippen LogP) is 6.21. The zero-order chi connectivity index (χ0) is 23.5. The molecule has 1 atom stereocenters. The fourth-order valence-electron chi connectivity index (χ4n) is 6.15. The van der Waals surface area contributed by atoms with Crippen molar-refractivity contribution in [2.24, 2.45) is 5.41 Å².